The Balaban J connectivity index is 2.81. The van der Waals surface area contributed by atoms with E-state index in [1.54, 1.807) is 0 Å². The molecule has 6 nitrogen and oxygen atoms in total. The summed E-state index contributed by atoms with van der Waals surface area (Å²) in [6.07, 6.45) is 1.45. The average Bonchev–Trinajstić information content (AvgIpc) is 2.70. The summed E-state index contributed by atoms with van der Waals surface area (Å²) in [7, 11) is 0. The number of aliphatic hydroxyl groups excluding tert-OH is 1. The monoisotopic (exact) mass is 229 g/mol. The number of likely N-dealkylation sites (tertiary alicyclic amines) is 1. The third-order valence-electron chi connectivity index (χ3n) is 2.69. The number of carboxylic acids is 1. The first-order valence-corrected chi connectivity index (χ1v) is 4.98. The van der Waals surface area contributed by atoms with Crippen molar-refractivity contribution in [3.8, 4) is 0 Å². The Hall–Kier alpha value is -1.56. The van der Waals surface area contributed by atoms with Gasteiger partial charge >= 0.3 is 12.1 Å². The van der Waals surface area contributed by atoms with Gasteiger partial charge in [-0.1, -0.05) is 12.7 Å². The molecule has 1 amide bonds. The van der Waals surface area contributed by atoms with Gasteiger partial charge < -0.3 is 14.9 Å². The summed E-state index contributed by atoms with van der Waals surface area (Å²) in [6.45, 7) is 3.09. The van der Waals surface area contributed by atoms with Crippen molar-refractivity contribution in [2.75, 3.05) is 19.8 Å². The summed E-state index contributed by atoms with van der Waals surface area (Å²) >= 11 is 0. The molecule has 0 radical (unpaired) electrons. The van der Waals surface area contributed by atoms with Crippen molar-refractivity contribution >= 4 is 12.1 Å². The fourth-order valence-electron chi connectivity index (χ4n) is 1.81. The molecule has 0 aromatic rings. The van der Waals surface area contributed by atoms with E-state index in [9.17, 15) is 14.7 Å². The fraction of sp³-hybridized carbons (Fsp3) is 0.600. The molecule has 1 aliphatic heterocycles. The Morgan fingerprint density at radius 2 is 2.25 bits per heavy atom. The highest BCUT2D eigenvalue weighted by molar-refractivity contribution is 5.85. The van der Waals surface area contributed by atoms with Crippen molar-refractivity contribution < 1.29 is 24.5 Å². The summed E-state index contributed by atoms with van der Waals surface area (Å²) < 4.78 is 4.78. The van der Waals surface area contributed by atoms with Gasteiger partial charge in [-0.05, 0) is 12.8 Å². The Labute approximate surface area is 93.1 Å². The Morgan fingerprint density at radius 1 is 1.56 bits per heavy atom. The number of carbonyl (C=O) groups excluding carboxylic acids is 1. The second-order valence-electron chi connectivity index (χ2n) is 3.62. The highest BCUT2D eigenvalue weighted by atomic mass is 16.6. The van der Waals surface area contributed by atoms with Crippen molar-refractivity contribution in [3.63, 3.8) is 0 Å². The second kappa shape index (κ2) is 4.98. The normalized spacial score (nSPS) is 24.2. The number of aliphatic hydroxyl groups is 1. The van der Waals surface area contributed by atoms with E-state index in [0.29, 0.717) is 6.42 Å². The summed E-state index contributed by atoms with van der Waals surface area (Å²) in [5.41, 5.74) is -1.53. The largest absolute Gasteiger partial charge is 0.479 e. The SMILES string of the molecule is C=CCOC(=O)N1CCCC1(CO)C(=O)O. The standard InChI is InChI=1S/C10H15NO5/c1-2-6-16-9(15)11-5-3-4-10(11,7-12)8(13)14/h2,12H,1,3-7H2,(H,13,14). The van der Waals surface area contributed by atoms with Crippen molar-refractivity contribution in [3.05, 3.63) is 12.7 Å². The van der Waals surface area contributed by atoms with E-state index in [4.69, 9.17) is 9.84 Å². The van der Waals surface area contributed by atoms with Crippen LogP contribution in [0.25, 0.3) is 0 Å². The van der Waals surface area contributed by atoms with Crippen LogP contribution in [0.15, 0.2) is 12.7 Å². The fourth-order valence-corrected chi connectivity index (χ4v) is 1.81. The van der Waals surface area contributed by atoms with Crippen LogP contribution in [0, 0.1) is 0 Å². The molecule has 1 unspecified atom stereocenters. The van der Waals surface area contributed by atoms with E-state index in [0.717, 1.165) is 4.90 Å². The van der Waals surface area contributed by atoms with E-state index in [1.165, 1.54) is 6.08 Å². The smallest absolute Gasteiger partial charge is 0.411 e. The van der Waals surface area contributed by atoms with Gasteiger partial charge in [0.1, 0.15) is 6.61 Å². The molecule has 1 atom stereocenters. The first kappa shape index (κ1) is 12.5. The Kier molecular flexibility index (Phi) is 3.89. The van der Waals surface area contributed by atoms with Gasteiger partial charge in [-0.25, -0.2) is 9.59 Å². The molecular formula is C10H15NO5. The van der Waals surface area contributed by atoms with Crippen molar-refractivity contribution in [1.29, 1.82) is 0 Å². The first-order valence-electron chi connectivity index (χ1n) is 4.98. The lowest BCUT2D eigenvalue weighted by Gasteiger charge is -2.31. The van der Waals surface area contributed by atoms with Crippen LogP contribution >= 0.6 is 0 Å². The number of aliphatic carboxylic acids is 1. The number of hydrogen-bond donors (Lipinski definition) is 2. The number of nitrogens with zero attached hydrogens (tertiary/aromatic N) is 1. The van der Waals surface area contributed by atoms with Crippen molar-refractivity contribution in [1.82, 2.24) is 4.90 Å². The quantitative estimate of drug-likeness (QED) is 0.673. The lowest BCUT2D eigenvalue weighted by atomic mass is 9.98. The van der Waals surface area contributed by atoms with E-state index in [1.807, 2.05) is 0 Å². The van der Waals surface area contributed by atoms with E-state index in [2.05, 4.69) is 6.58 Å². The lowest BCUT2D eigenvalue weighted by molar-refractivity contribution is -0.151. The van der Waals surface area contributed by atoms with Crippen LogP contribution < -0.4 is 0 Å². The first-order chi connectivity index (χ1) is 7.58. The van der Waals surface area contributed by atoms with Gasteiger partial charge in [0.15, 0.2) is 5.54 Å². The molecule has 0 bridgehead atoms. The van der Waals surface area contributed by atoms with Crippen molar-refractivity contribution in [2.45, 2.75) is 18.4 Å². The maximum absolute atomic E-state index is 11.6. The number of carbonyl (C=O) groups is 2. The molecule has 1 fully saturated rings. The van der Waals surface area contributed by atoms with Gasteiger partial charge in [0.25, 0.3) is 0 Å². The zero-order valence-corrected chi connectivity index (χ0v) is 8.89. The molecule has 0 aromatic heterocycles. The summed E-state index contributed by atoms with van der Waals surface area (Å²) in [5, 5.41) is 18.3. The molecule has 0 spiro atoms. The minimum absolute atomic E-state index is 0.0243. The number of amides is 1. The van der Waals surface area contributed by atoms with E-state index in [-0.39, 0.29) is 19.6 Å². The number of rotatable bonds is 4. The number of ether oxygens (including phenoxy) is 1. The van der Waals surface area contributed by atoms with Gasteiger partial charge in [-0.2, -0.15) is 0 Å². The minimum atomic E-state index is -1.53. The van der Waals surface area contributed by atoms with Crippen LogP contribution in [-0.2, 0) is 9.53 Å². The minimum Gasteiger partial charge on any atom is -0.479 e. The molecule has 1 saturated heterocycles. The molecule has 1 aliphatic rings. The van der Waals surface area contributed by atoms with Gasteiger partial charge in [0.2, 0.25) is 0 Å². The Bertz CT molecular complexity index is 304. The third-order valence-corrected chi connectivity index (χ3v) is 2.69. The van der Waals surface area contributed by atoms with Crippen LogP contribution in [0.4, 0.5) is 4.79 Å². The molecule has 0 aromatic carbocycles. The topological polar surface area (TPSA) is 87.1 Å². The van der Waals surface area contributed by atoms with E-state index < -0.39 is 24.2 Å². The predicted molar refractivity (Wildman–Crippen MR) is 54.9 cm³/mol. The molecule has 0 aliphatic carbocycles. The molecule has 16 heavy (non-hydrogen) atoms. The maximum Gasteiger partial charge on any atom is 0.411 e. The molecule has 90 valence electrons. The maximum atomic E-state index is 11.6. The van der Waals surface area contributed by atoms with Crippen LogP contribution in [0.3, 0.4) is 0 Å². The highest BCUT2D eigenvalue weighted by Crippen LogP contribution is 2.29. The summed E-state index contributed by atoms with van der Waals surface area (Å²) in [6, 6.07) is 0. The van der Waals surface area contributed by atoms with Crippen LogP contribution in [0.5, 0.6) is 0 Å². The zero-order valence-electron chi connectivity index (χ0n) is 8.89. The molecule has 1 heterocycles. The van der Waals surface area contributed by atoms with Crippen LogP contribution in [0.1, 0.15) is 12.8 Å². The second-order valence-corrected chi connectivity index (χ2v) is 3.62. The molecule has 1 rings (SSSR count). The van der Waals surface area contributed by atoms with Gasteiger partial charge in [0.05, 0.1) is 6.61 Å². The van der Waals surface area contributed by atoms with Crippen molar-refractivity contribution in [2.24, 2.45) is 0 Å². The molecule has 0 saturated carbocycles. The lowest BCUT2D eigenvalue weighted by Crippen LogP contribution is -2.55. The average molecular weight is 229 g/mol. The highest BCUT2D eigenvalue weighted by Gasteiger charge is 2.50. The third kappa shape index (κ3) is 2.01. The molecular weight excluding hydrogens is 214 g/mol. The van der Waals surface area contributed by atoms with Gasteiger partial charge in [0, 0.05) is 6.54 Å². The zero-order chi connectivity index (χ0) is 12.2. The Morgan fingerprint density at radius 3 is 2.75 bits per heavy atom. The summed E-state index contributed by atoms with van der Waals surface area (Å²) in [4.78, 5) is 23.7. The predicted octanol–water partition coefficient (Wildman–Crippen LogP) is 0.221. The van der Waals surface area contributed by atoms with Crippen LogP contribution in [0.2, 0.25) is 0 Å². The number of hydrogen-bond acceptors (Lipinski definition) is 4. The van der Waals surface area contributed by atoms with Gasteiger partial charge in [-0.15, -0.1) is 0 Å². The molecule has 6 heteroatoms. The number of carboxylic acid groups (broad SMARTS) is 1. The summed E-state index contributed by atoms with van der Waals surface area (Å²) in [5.74, 6) is -1.21. The van der Waals surface area contributed by atoms with Gasteiger partial charge in [-0.3, -0.25) is 4.90 Å². The molecule has 2 N–H and O–H groups in total. The van der Waals surface area contributed by atoms with Crippen LogP contribution in [-0.4, -0.2) is 52.5 Å². The van der Waals surface area contributed by atoms with E-state index >= 15 is 0 Å².